The van der Waals surface area contributed by atoms with Crippen LogP contribution in [0.1, 0.15) is 81.5 Å². The van der Waals surface area contributed by atoms with Crippen LogP contribution in [0.5, 0.6) is 11.5 Å². The first kappa shape index (κ1) is 26.5. The van der Waals surface area contributed by atoms with Crippen molar-refractivity contribution in [2.24, 2.45) is 5.92 Å². The number of hydrogen-bond donors (Lipinski definition) is 1. The van der Waals surface area contributed by atoms with E-state index >= 15 is 0 Å². The number of amides is 2. The van der Waals surface area contributed by atoms with Gasteiger partial charge in [0.1, 0.15) is 23.7 Å². The zero-order chi connectivity index (χ0) is 26.9. The zero-order valence-electron chi connectivity index (χ0n) is 22.3. The highest BCUT2D eigenvalue weighted by atomic mass is 16.7. The maximum absolute atomic E-state index is 14.0. The number of ether oxygens (including phenoxy) is 4. The summed E-state index contributed by atoms with van der Waals surface area (Å²) in [6.45, 7) is 11.5. The standard InChI is InChI=1S/C27H35N3O7/c1-7-8-22-28-18(23(29-22)25(32)37-27(4,5)6)12-17(16-9-10-20-21(11-16)36-14-35-20)24(31)30-19(15(2)3)13-34-26(30)33/h9-11,15,17,19H,7-8,12-14H2,1-6H3,(H,28,29)/t17?,19-/m1/s1. The molecule has 1 fully saturated rings. The number of nitrogens with zero attached hydrogens (tertiary/aromatic N) is 2. The van der Waals surface area contributed by atoms with Gasteiger partial charge in [-0.3, -0.25) is 4.79 Å². The first-order chi connectivity index (χ1) is 17.5. The molecule has 0 spiro atoms. The number of carbonyl (C=O) groups is 3. The summed E-state index contributed by atoms with van der Waals surface area (Å²) in [5, 5.41) is 0. The minimum Gasteiger partial charge on any atom is -0.455 e. The zero-order valence-corrected chi connectivity index (χ0v) is 22.3. The van der Waals surface area contributed by atoms with Crippen LogP contribution in [0.15, 0.2) is 18.2 Å². The molecule has 4 rings (SSSR count). The largest absolute Gasteiger partial charge is 0.455 e. The van der Waals surface area contributed by atoms with E-state index in [-0.39, 0.29) is 31.4 Å². The summed E-state index contributed by atoms with van der Waals surface area (Å²) in [6.07, 6.45) is 0.852. The van der Waals surface area contributed by atoms with Crippen molar-refractivity contribution in [1.29, 1.82) is 0 Å². The third-order valence-corrected chi connectivity index (χ3v) is 6.33. The maximum atomic E-state index is 14.0. The van der Waals surface area contributed by atoms with Crippen LogP contribution in [0.25, 0.3) is 0 Å². The number of benzene rings is 1. The molecule has 0 radical (unpaired) electrons. The van der Waals surface area contributed by atoms with Gasteiger partial charge in [0.05, 0.1) is 17.7 Å². The molecule has 1 aromatic heterocycles. The number of esters is 1. The Morgan fingerprint density at radius 1 is 1.19 bits per heavy atom. The lowest BCUT2D eigenvalue weighted by Gasteiger charge is -2.27. The lowest BCUT2D eigenvalue weighted by molar-refractivity contribution is -0.131. The molecule has 1 aromatic carbocycles. The Bertz CT molecular complexity index is 1180. The smallest absolute Gasteiger partial charge is 0.417 e. The second-order valence-corrected chi connectivity index (χ2v) is 10.7. The second-order valence-electron chi connectivity index (χ2n) is 10.7. The Morgan fingerprint density at radius 3 is 2.59 bits per heavy atom. The number of hydrogen-bond acceptors (Lipinski definition) is 8. The number of rotatable bonds is 8. The van der Waals surface area contributed by atoms with Crippen molar-refractivity contribution >= 4 is 18.0 Å². The van der Waals surface area contributed by atoms with Crippen LogP contribution < -0.4 is 9.47 Å². The Labute approximate surface area is 216 Å². The summed E-state index contributed by atoms with van der Waals surface area (Å²) in [5.41, 5.74) is 0.524. The van der Waals surface area contributed by atoms with Gasteiger partial charge < -0.3 is 23.9 Å². The van der Waals surface area contributed by atoms with Gasteiger partial charge in [-0.05, 0) is 50.8 Å². The number of carbonyl (C=O) groups excluding carboxylic acids is 3. The lowest BCUT2D eigenvalue weighted by Crippen LogP contribution is -2.44. The van der Waals surface area contributed by atoms with Crippen LogP contribution in [0.2, 0.25) is 0 Å². The average molecular weight is 514 g/mol. The molecule has 2 amide bonds. The third-order valence-electron chi connectivity index (χ3n) is 6.33. The van der Waals surface area contributed by atoms with Gasteiger partial charge in [0.2, 0.25) is 12.7 Å². The molecule has 1 N–H and O–H groups in total. The molecule has 1 unspecified atom stereocenters. The van der Waals surface area contributed by atoms with Gasteiger partial charge in [0.25, 0.3) is 0 Å². The number of fused-ring (bicyclic) bond motifs is 1. The molecule has 2 atom stereocenters. The highest BCUT2D eigenvalue weighted by molar-refractivity contribution is 5.98. The monoisotopic (exact) mass is 513 g/mol. The van der Waals surface area contributed by atoms with Crippen LogP contribution in [-0.2, 0) is 27.1 Å². The van der Waals surface area contributed by atoms with E-state index in [1.165, 1.54) is 4.90 Å². The molecular weight excluding hydrogens is 478 g/mol. The quantitative estimate of drug-likeness (QED) is 0.517. The topological polar surface area (TPSA) is 120 Å². The maximum Gasteiger partial charge on any atom is 0.417 e. The van der Waals surface area contributed by atoms with Gasteiger partial charge in [-0.25, -0.2) is 19.5 Å². The minimum atomic E-state index is -0.833. The summed E-state index contributed by atoms with van der Waals surface area (Å²) in [5.74, 6) is -0.0659. The highest BCUT2D eigenvalue weighted by Gasteiger charge is 2.43. The molecule has 2 aliphatic heterocycles. The van der Waals surface area contributed by atoms with Gasteiger partial charge in [-0.2, -0.15) is 0 Å². The predicted molar refractivity (Wildman–Crippen MR) is 134 cm³/mol. The molecule has 2 aliphatic rings. The Balaban J connectivity index is 1.75. The van der Waals surface area contributed by atoms with E-state index in [2.05, 4.69) is 9.97 Å². The number of aryl methyl sites for hydroxylation is 1. The van der Waals surface area contributed by atoms with Crippen molar-refractivity contribution < 1.29 is 33.3 Å². The lowest BCUT2D eigenvalue weighted by atomic mass is 9.90. The summed E-state index contributed by atoms with van der Waals surface area (Å²) in [4.78, 5) is 48.8. The summed E-state index contributed by atoms with van der Waals surface area (Å²) < 4.78 is 21.8. The molecular formula is C27H35N3O7. The fourth-order valence-electron chi connectivity index (χ4n) is 4.48. The number of aromatic nitrogens is 2. The van der Waals surface area contributed by atoms with Gasteiger partial charge in [-0.15, -0.1) is 0 Å². The van der Waals surface area contributed by atoms with Crippen LogP contribution in [0, 0.1) is 5.92 Å². The molecule has 0 aliphatic carbocycles. The van der Waals surface area contributed by atoms with Crippen LogP contribution in [0.4, 0.5) is 4.79 Å². The van der Waals surface area contributed by atoms with E-state index in [4.69, 9.17) is 18.9 Å². The van der Waals surface area contributed by atoms with Crippen molar-refractivity contribution in [1.82, 2.24) is 14.9 Å². The number of H-pyrrole nitrogens is 1. The summed E-state index contributed by atoms with van der Waals surface area (Å²) in [7, 11) is 0. The highest BCUT2D eigenvalue weighted by Crippen LogP contribution is 2.37. The molecule has 0 bridgehead atoms. The van der Waals surface area contributed by atoms with E-state index in [0.717, 1.165) is 6.42 Å². The van der Waals surface area contributed by atoms with Gasteiger partial charge in [-0.1, -0.05) is 26.8 Å². The number of aromatic amines is 1. The normalized spacial score (nSPS) is 17.8. The minimum absolute atomic E-state index is 0.00617. The van der Waals surface area contributed by atoms with Gasteiger partial charge in [0, 0.05) is 12.8 Å². The van der Waals surface area contributed by atoms with Crippen molar-refractivity contribution in [3.63, 3.8) is 0 Å². The first-order valence-electron chi connectivity index (χ1n) is 12.7. The molecule has 37 heavy (non-hydrogen) atoms. The third kappa shape index (κ3) is 5.73. The van der Waals surface area contributed by atoms with Gasteiger partial charge in [0.15, 0.2) is 11.5 Å². The number of imide groups is 1. The fraction of sp³-hybridized carbons (Fsp3) is 0.556. The van der Waals surface area contributed by atoms with Crippen LogP contribution >= 0.6 is 0 Å². The molecule has 10 heteroatoms. The van der Waals surface area contributed by atoms with E-state index in [9.17, 15) is 14.4 Å². The Kier molecular flexibility index (Phi) is 7.47. The predicted octanol–water partition coefficient (Wildman–Crippen LogP) is 4.38. The SMILES string of the molecule is CCCc1nc(CC(C(=O)N2C(=O)OC[C@@H]2C(C)C)c2ccc3c(c2)OCO3)c(C(=O)OC(C)(C)C)[nH]1. The molecule has 200 valence electrons. The van der Waals surface area contributed by atoms with E-state index in [1.54, 1.807) is 39.0 Å². The number of nitrogens with one attached hydrogen (secondary N) is 1. The molecule has 2 aromatic rings. The average Bonchev–Trinajstić information content (AvgIpc) is 3.53. The van der Waals surface area contributed by atoms with Crippen molar-refractivity contribution in [3.8, 4) is 11.5 Å². The van der Waals surface area contributed by atoms with Crippen LogP contribution in [0.3, 0.4) is 0 Å². The van der Waals surface area contributed by atoms with E-state index in [0.29, 0.717) is 35.0 Å². The van der Waals surface area contributed by atoms with E-state index in [1.807, 2.05) is 20.8 Å². The number of imidazole rings is 1. The van der Waals surface area contributed by atoms with Gasteiger partial charge >= 0.3 is 12.1 Å². The van der Waals surface area contributed by atoms with Crippen LogP contribution in [-0.4, -0.2) is 57.9 Å². The first-order valence-corrected chi connectivity index (χ1v) is 12.7. The van der Waals surface area contributed by atoms with Crippen molar-refractivity contribution in [2.45, 2.75) is 78.4 Å². The van der Waals surface area contributed by atoms with Crippen molar-refractivity contribution in [2.75, 3.05) is 13.4 Å². The Morgan fingerprint density at radius 2 is 1.92 bits per heavy atom. The molecule has 1 saturated heterocycles. The van der Waals surface area contributed by atoms with Crippen molar-refractivity contribution in [3.05, 3.63) is 41.0 Å². The summed E-state index contributed by atoms with van der Waals surface area (Å²) >= 11 is 0. The number of cyclic esters (lactones) is 1. The van der Waals surface area contributed by atoms with E-state index < -0.39 is 35.5 Å². The molecule has 3 heterocycles. The Hall–Kier alpha value is -3.56. The second kappa shape index (κ2) is 10.4. The fourth-order valence-corrected chi connectivity index (χ4v) is 4.48. The molecule has 0 saturated carbocycles. The summed E-state index contributed by atoms with van der Waals surface area (Å²) in [6, 6.07) is 4.86. The molecule has 10 nitrogen and oxygen atoms in total.